The van der Waals surface area contributed by atoms with Gasteiger partial charge in [0.05, 0.1) is 0 Å². The first kappa shape index (κ1) is 17.1. The first-order chi connectivity index (χ1) is 11.6. The zero-order valence-electron chi connectivity index (χ0n) is 14.2. The molecule has 1 amide bonds. The molecular weight excluding hydrogens is 304 g/mol. The highest BCUT2D eigenvalue weighted by Gasteiger charge is 2.28. The molecule has 1 aliphatic heterocycles. The molecule has 0 bridgehead atoms. The normalized spacial score (nSPS) is 25.2. The molecule has 1 aromatic heterocycles. The zero-order chi connectivity index (χ0) is 16.9. The Morgan fingerprint density at radius 3 is 2.71 bits per heavy atom. The van der Waals surface area contributed by atoms with Crippen LogP contribution in [0.2, 0.25) is 0 Å². The number of hydrogen-bond donors (Lipinski definition) is 3. The predicted octanol–water partition coefficient (Wildman–Crippen LogP) is 0.681. The van der Waals surface area contributed by atoms with Gasteiger partial charge in [-0.1, -0.05) is 0 Å². The van der Waals surface area contributed by atoms with E-state index in [9.17, 15) is 4.79 Å². The lowest BCUT2D eigenvalue weighted by Crippen LogP contribution is -2.39. The lowest BCUT2D eigenvalue weighted by atomic mass is 9.79. The van der Waals surface area contributed by atoms with Gasteiger partial charge in [-0.3, -0.25) is 4.79 Å². The predicted molar refractivity (Wildman–Crippen MR) is 93.4 cm³/mol. The molecule has 1 aliphatic carbocycles. The summed E-state index contributed by atoms with van der Waals surface area (Å²) < 4.78 is 0. The van der Waals surface area contributed by atoms with E-state index in [0.29, 0.717) is 12.0 Å². The van der Waals surface area contributed by atoms with Crippen molar-refractivity contribution in [3.05, 3.63) is 18.1 Å². The molecule has 2 heterocycles. The number of amides is 1. The molecule has 0 radical (unpaired) electrons. The van der Waals surface area contributed by atoms with E-state index in [0.717, 1.165) is 69.8 Å². The summed E-state index contributed by atoms with van der Waals surface area (Å²) in [4.78, 5) is 22.2. The number of nitrogens with two attached hydrogens (primary N) is 2. The Kier molecular flexibility index (Phi) is 5.63. The fraction of sp³-hybridized carbons (Fsp3) is 0.706. The number of primary amides is 1. The molecule has 0 unspecified atom stereocenters. The van der Waals surface area contributed by atoms with Crippen molar-refractivity contribution in [2.75, 3.05) is 31.5 Å². The van der Waals surface area contributed by atoms with E-state index >= 15 is 0 Å². The van der Waals surface area contributed by atoms with Gasteiger partial charge in [-0.2, -0.15) is 0 Å². The summed E-state index contributed by atoms with van der Waals surface area (Å²) in [5.74, 6) is 1.31. The van der Waals surface area contributed by atoms with Crippen LogP contribution in [0.1, 0.15) is 43.7 Å². The highest BCUT2D eigenvalue weighted by Crippen LogP contribution is 2.34. The number of carbonyl (C=O) groups is 1. The van der Waals surface area contributed by atoms with Crippen LogP contribution in [0.3, 0.4) is 0 Å². The molecule has 3 rings (SSSR count). The number of hydrogen-bond acceptors (Lipinski definition) is 6. The SMILES string of the molecule is NC(=O)C1CCN(CCCNc2cc(C3CC(N)C3)ncn2)CC1. The van der Waals surface area contributed by atoms with Crippen molar-refractivity contribution >= 4 is 11.7 Å². The summed E-state index contributed by atoms with van der Waals surface area (Å²) in [6.45, 7) is 3.85. The Hall–Kier alpha value is -1.73. The number of anilines is 1. The van der Waals surface area contributed by atoms with Gasteiger partial charge in [0.1, 0.15) is 12.1 Å². The van der Waals surface area contributed by atoms with Crippen LogP contribution in [-0.2, 0) is 4.79 Å². The van der Waals surface area contributed by atoms with Crippen molar-refractivity contribution in [3.63, 3.8) is 0 Å². The second-order valence-corrected chi connectivity index (χ2v) is 7.06. The second kappa shape index (κ2) is 7.90. The number of rotatable bonds is 7. The van der Waals surface area contributed by atoms with E-state index in [1.165, 1.54) is 0 Å². The number of nitrogens with one attached hydrogen (secondary N) is 1. The van der Waals surface area contributed by atoms with Gasteiger partial charge in [0, 0.05) is 36.2 Å². The first-order valence-corrected chi connectivity index (χ1v) is 8.95. The summed E-state index contributed by atoms with van der Waals surface area (Å²) >= 11 is 0. The van der Waals surface area contributed by atoms with Gasteiger partial charge in [-0.15, -0.1) is 0 Å². The molecule has 2 fully saturated rings. The van der Waals surface area contributed by atoms with Gasteiger partial charge in [0.15, 0.2) is 0 Å². The van der Waals surface area contributed by atoms with E-state index in [1.54, 1.807) is 6.33 Å². The minimum absolute atomic E-state index is 0.0680. The fourth-order valence-corrected chi connectivity index (χ4v) is 3.56. The fourth-order valence-electron chi connectivity index (χ4n) is 3.56. The first-order valence-electron chi connectivity index (χ1n) is 8.95. The van der Waals surface area contributed by atoms with E-state index in [2.05, 4.69) is 26.3 Å². The summed E-state index contributed by atoms with van der Waals surface area (Å²) in [7, 11) is 0. The van der Waals surface area contributed by atoms with E-state index in [1.807, 2.05) is 0 Å². The van der Waals surface area contributed by atoms with Gasteiger partial charge < -0.3 is 21.7 Å². The van der Waals surface area contributed by atoms with Crippen LogP contribution in [0, 0.1) is 5.92 Å². The molecule has 1 aromatic rings. The largest absolute Gasteiger partial charge is 0.370 e. The standard InChI is InChI=1S/C17H28N6O/c18-14-8-13(9-14)15-10-16(22-11-21-15)20-4-1-5-23-6-2-12(3-7-23)17(19)24/h10-14H,1-9,18H2,(H2,19,24)(H,20,21,22). The lowest BCUT2D eigenvalue weighted by Gasteiger charge is -2.31. The number of likely N-dealkylation sites (tertiary alicyclic amines) is 1. The number of piperidine rings is 1. The quantitative estimate of drug-likeness (QED) is 0.633. The Morgan fingerprint density at radius 2 is 2.04 bits per heavy atom. The molecule has 0 atom stereocenters. The lowest BCUT2D eigenvalue weighted by molar-refractivity contribution is -0.123. The summed E-state index contributed by atoms with van der Waals surface area (Å²) in [5.41, 5.74) is 12.3. The molecule has 5 N–H and O–H groups in total. The number of aromatic nitrogens is 2. The molecule has 24 heavy (non-hydrogen) atoms. The molecule has 2 aliphatic rings. The molecule has 7 heteroatoms. The van der Waals surface area contributed by atoms with Gasteiger partial charge >= 0.3 is 0 Å². The third kappa shape index (κ3) is 4.42. The molecule has 7 nitrogen and oxygen atoms in total. The average molecular weight is 332 g/mol. The second-order valence-electron chi connectivity index (χ2n) is 7.06. The van der Waals surface area contributed by atoms with Crippen molar-refractivity contribution in [2.45, 2.75) is 44.1 Å². The van der Waals surface area contributed by atoms with Crippen LogP contribution in [0.4, 0.5) is 5.82 Å². The highest BCUT2D eigenvalue weighted by atomic mass is 16.1. The maximum atomic E-state index is 11.2. The summed E-state index contributed by atoms with van der Waals surface area (Å²) in [6.07, 6.45) is 6.52. The van der Waals surface area contributed by atoms with E-state index in [-0.39, 0.29) is 11.8 Å². The van der Waals surface area contributed by atoms with Crippen molar-refractivity contribution in [3.8, 4) is 0 Å². The molecule has 1 saturated carbocycles. The minimum atomic E-state index is -0.150. The third-order valence-corrected chi connectivity index (χ3v) is 5.23. The molecule has 132 valence electrons. The van der Waals surface area contributed by atoms with Gasteiger partial charge in [0.2, 0.25) is 5.91 Å². The smallest absolute Gasteiger partial charge is 0.220 e. The Bertz CT molecular complexity index is 552. The van der Waals surface area contributed by atoms with Crippen molar-refractivity contribution < 1.29 is 4.79 Å². The Balaban J connectivity index is 1.35. The zero-order valence-corrected chi connectivity index (χ0v) is 14.2. The van der Waals surface area contributed by atoms with E-state index in [4.69, 9.17) is 11.5 Å². The summed E-state index contributed by atoms with van der Waals surface area (Å²) in [5, 5.41) is 3.38. The van der Waals surface area contributed by atoms with Crippen LogP contribution in [0.15, 0.2) is 12.4 Å². The number of carbonyl (C=O) groups excluding carboxylic acids is 1. The maximum Gasteiger partial charge on any atom is 0.220 e. The Morgan fingerprint density at radius 1 is 1.29 bits per heavy atom. The molecule has 1 saturated heterocycles. The third-order valence-electron chi connectivity index (χ3n) is 5.23. The van der Waals surface area contributed by atoms with Crippen LogP contribution in [-0.4, -0.2) is 53.0 Å². The van der Waals surface area contributed by atoms with Crippen LogP contribution in [0.5, 0.6) is 0 Å². The van der Waals surface area contributed by atoms with Crippen molar-refractivity contribution in [2.24, 2.45) is 17.4 Å². The van der Waals surface area contributed by atoms with Crippen LogP contribution in [0.25, 0.3) is 0 Å². The highest BCUT2D eigenvalue weighted by molar-refractivity contribution is 5.76. The number of nitrogens with zero attached hydrogens (tertiary/aromatic N) is 3. The monoisotopic (exact) mass is 332 g/mol. The van der Waals surface area contributed by atoms with Crippen molar-refractivity contribution in [1.82, 2.24) is 14.9 Å². The maximum absolute atomic E-state index is 11.2. The van der Waals surface area contributed by atoms with Gasteiger partial charge in [-0.05, 0) is 51.7 Å². The Labute approximate surface area is 143 Å². The van der Waals surface area contributed by atoms with Crippen molar-refractivity contribution in [1.29, 1.82) is 0 Å². The van der Waals surface area contributed by atoms with Gasteiger partial charge in [0.25, 0.3) is 0 Å². The average Bonchev–Trinajstić information content (AvgIpc) is 2.56. The van der Waals surface area contributed by atoms with Crippen LogP contribution < -0.4 is 16.8 Å². The minimum Gasteiger partial charge on any atom is -0.370 e. The van der Waals surface area contributed by atoms with Gasteiger partial charge in [-0.25, -0.2) is 9.97 Å². The summed E-state index contributed by atoms with van der Waals surface area (Å²) in [6, 6.07) is 2.38. The van der Waals surface area contributed by atoms with E-state index < -0.39 is 0 Å². The van der Waals surface area contributed by atoms with Crippen LogP contribution >= 0.6 is 0 Å². The molecule has 0 aromatic carbocycles. The molecule has 0 spiro atoms. The molecular formula is C17H28N6O. The topological polar surface area (TPSA) is 110 Å².